The smallest absolute Gasteiger partial charge is 0.146 e. The Balaban J connectivity index is 0.000000869. The topological polar surface area (TPSA) is 22.8 Å². The molecule has 1 aliphatic rings. The van der Waals surface area contributed by atoms with Crippen LogP contribution in [-0.4, -0.2) is 14.1 Å². The largest absolute Gasteiger partial charge is 0.309 e. The summed E-state index contributed by atoms with van der Waals surface area (Å²) in [7, 11) is 0. The molecule has 262 valence electrons. The van der Waals surface area contributed by atoms with E-state index in [2.05, 4.69) is 192 Å². The second-order valence-corrected chi connectivity index (χ2v) is 14.4. The lowest BCUT2D eigenvalue weighted by atomic mass is 10.00. The molecule has 0 fully saturated rings. The molecule has 11 aromatic rings. The van der Waals surface area contributed by atoms with Crippen molar-refractivity contribution < 1.29 is 0 Å². The molecule has 0 N–H and O–H groups in total. The Hall–Kier alpha value is -7.49. The highest BCUT2D eigenvalue weighted by Crippen LogP contribution is 2.50. The predicted octanol–water partition coefficient (Wildman–Crippen LogP) is 14.3. The zero-order valence-corrected chi connectivity index (χ0v) is 30.7. The van der Waals surface area contributed by atoms with Gasteiger partial charge in [0.1, 0.15) is 5.82 Å². The van der Waals surface area contributed by atoms with E-state index in [-0.39, 0.29) is 0 Å². The molecule has 0 amide bonds. The Morgan fingerprint density at radius 1 is 0.411 bits per heavy atom. The molecule has 3 heteroatoms. The molecular formula is C53H35N3. The SMILES string of the molecule is C=CC=C.c1ccc(-n2c3ccc(-c4ccc5c(c4)c4ccccc4n5-c4ncc5cccc6c5c4-c4ccccc4-6)cc3c3cc4ccccc4cc32)cc1. The Labute approximate surface area is 324 Å². The zero-order valence-electron chi connectivity index (χ0n) is 30.7. The predicted molar refractivity (Wildman–Crippen MR) is 238 cm³/mol. The van der Waals surface area contributed by atoms with Gasteiger partial charge in [0.15, 0.2) is 0 Å². The molecule has 12 rings (SSSR count). The summed E-state index contributed by atoms with van der Waals surface area (Å²) in [6.07, 6.45) is 5.32. The normalized spacial score (nSPS) is 11.7. The summed E-state index contributed by atoms with van der Waals surface area (Å²) >= 11 is 0. The van der Waals surface area contributed by atoms with E-state index in [9.17, 15) is 0 Å². The minimum atomic E-state index is 0.978. The number of benzene rings is 8. The first-order chi connectivity index (χ1) is 27.7. The first-order valence-corrected chi connectivity index (χ1v) is 19.0. The third kappa shape index (κ3) is 4.68. The average molecular weight is 714 g/mol. The van der Waals surface area contributed by atoms with Crippen LogP contribution in [-0.2, 0) is 0 Å². The third-order valence-corrected chi connectivity index (χ3v) is 11.4. The summed E-state index contributed by atoms with van der Waals surface area (Å²) in [6.45, 7) is 6.72. The van der Waals surface area contributed by atoms with E-state index < -0.39 is 0 Å². The van der Waals surface area contributed by atoms with E-state index in [0.717, 1.165) is 16.9 Å². The van der Waals surface area contributed by atoms with Crippen molar-refractivity contribution in [2.24, 2.45) is 0 Å². The van der Waals surface area contributed by atoms with E-state index in [0.29, 0.717) is 0 Å². The van der Waals surface area contributed by atoms with Gasteiger partial charge in [-0.15, -0.1) is 0 Å². The van der Waals surface area contributed by atoms with Crippen molar-refractivity contribution >= 4 is 65.2 Å². The van der Waals surface area contributed by atoms with E-state index in [1.54, 1.807) is 12.2 Å². The number of para-hydroxylation sites is 2. The standard InChI is InChI=1S/C49H29N3.C4H6/c1-2-14-35(15-3-1)51-44-23-21-33(27-41(44)42-25-30-11-4-5-12-31(30)28-46(42)51)32-22-24-45-40(26-32)37-17-8-9-20-43(37)52(45)49-48-39-18-7-6-16-36(39)38-19-10-13-34(29-50-49)47(38)48;1-3-4-2/h1-29H;3-4H,1-2H2. The Kier molecular flexibility index (Phi) is 7.17. The molecule has 0 spiro atoms. The van der Waals surface area contributed by atoms with Crippen molar-refractivity contribution in [3.05, 3.63) is 201 Å². The lowest BCUT2D eigenvalue weighted by Gasteiger charge is -2.13. The average Bonchev–Trinajstić information content (AvgIpc) is 3.89. The fourth-order valence-corrected chi connectivity index (χ4v) is 8.97. The molecule has 56 heavy (non-hydrogen) atoms. The van der Waals surface area contributed by atoms with Gasteiger partial charge < -0.3 is 4.57 Å². The van der Waals surface area contributed by atoms with Crippen molar-refractivity contribution in [1.82, 2.24) is 14.1 Å². The Bertz CT molecular complexity index is 3390. The van der Waals surface area contributed by atoms with Crippen molar-refractivity contribution in [3.8, 4) is 44.9 Å². The fraction of sp³-hybridized carbons (Fsp3) is 0. The lowest BCUT2D eigenvalue weighted by Crippen LogP contribution is -2.00. The molecule has 0 unspecified atom stereocenters. The van der Waals surface area contributed by atoms with Gasteiger partial charge in [-0.05, 0) is 93.2 Å². The minimum Gasteiger partial charge on any atom is -0.309 e. The molecule has 0 aliphatic heterocycles. The molecule has 3 aromatic heterocycles. The highest BCUT2D eigenvalue weighted by Gasteiger charge is 2.27. The number of fused-ring (bicyclic) bond motifs is 10. The monoisotopic (exact) mass is 713 g/mol. The van der Waals surface area contributed by atoms with Crippen LogP contribution < -0.4 is 0 Å². The van der Waals surface area contributed by atoms with Crippen LogP contribution in [0.2, 0.25) is 0 Å². The minimum absolute atomic E-state index is 0.978. The van der Waals surface area contributed by atoms with Gasteiger partial charge in [0, 0.05) is 49.8 Å². The van der Waals surface area contributed by atoms with Crippen molar-refractivity contribution in [2.75, 3.05) is 0 Å². The maximum atomic E-state index is 5.21. The maximum Gasteiger partial charge on any atom is 0.146 e. The second kappa shape index (κ2) is 12.5. The Morgan fingerprint density at radius 2 is 0.982 bits per heavy atom. The lowest BCUT2D eigenvalue weighted by molar-refractivity contribution is 1.09. The number of aromatic nitrogens is 3. The number of hydrogen-bond donors (Lipinski definition) is 0. The van der Waals surface area contributed by atoms with Crippen molar-refractivity contribution in [2.45, 2.75) is 0 Å². The van der Waals surface area contributed by atoms with Crippen molar-refractivity contribution in [3.63, 3.8) is 0 Å². The van der Waals surface area contributed by atoms with Gasteiger partial charge in [0.25, 0.3) is 0 Å². The van der Waals surface area contributed by atoms with E-state index in [1.165, 1.54) is 93.2 Å². The van der Waals surface area contributed by atoms with Gasteiger partial charge in [-0.2, -0.15) is 0 Å². The summed E-state index contributed by atoms with van der Waals surface area (Å²) in [5.74, 6) is 0.978. The van der Waals surface area contributed by atoms with E-state index in [1.807, 2.05) is 6.20 Å². The molecule has 0 saturated heterocycles. The van der Waals surface area contributed by atoms with Gasteiger partial charge in [0.2, 0.25) is 0 Å². The molecule has 3 heterocycles. The first kappa shape index (κ1) is 32.0. The van der Waals surface area contributed by atoms with E-state index >= 15 is 0 Å². The molecule has 8 aromatic carbocycles. The molecule has 0 saturated carbocycles. The van der Waals surface area contributed by atoms with Crippen LogP contribution in [0.3, 0.4) is 0 Å². The highest BCUT2D eigenvalue weighted by atomic mass is 15.1. The van der Waals surface area contributed by atoms with Crippen LogP contribution in [0.1, 0.15) is 0 Å². The van der Waals surface area contributed by atoms with Gasteiger partial charge in [0.05, 0.1) is 22.1 Å². The first-order valence-electron chi connectivity index (χ1n) is 19.0. The number of rotatable bonds is 4. The molecule has 0 bridgehead atoms. The van der Waals surface area contributed by atoms with Crippen LogP contribution in [0.25, 0.3) is 110 Å². The summed E-state index contributed by atoms with van der Waals surface area (Å²) < 4.78 is 4.78. The maximum absolute atomic E-state index is 5.21. The van der Waals surface area contributed by atoms with Crippen LogP contribution in [0.5, 0.6) is 0 Å². The van der Waals surface area contributed by atoms with Crippen LogP contribution >= 0.6 is 0 Å². The number of hydrogen-bond acceptors (Lipinski definition) is 1. The highest BCUT2D eigenvalue weighted by molar-refractivity contribution is 6.19. The third-order valence-electron chi connectivity index (χ3n) is 11.4. The van der Waals surface area contributed by atoms with Crippen molar-refractivity contribution in [1.29, 1.82) is 0 Å². The quantitative estimate of drug-likeness (QED) is 0.167. The fourth-order valence-electron chi connectivity index (χ4n) is 8.97. The summed E-state index contributed by atoms with van der Waals surface area (Å²) in [4.78, 5) is 5.21. The van der Waals surface area contributed by atoms with E-state index in [4.69, 9.17) is 4.98 Å². The zero-order chi connectivity index (χ0) is 37.3. The summed E-state index contributed by atoms with van der Waals surface area (Å²) in [6, 6.07) is 62.1. The number of nitrogens with zero attached hydrogens (tertiary/aromatic N) is 3. The molecule has 0 radical (unpaired) electrons. The summed E-state index contributed by atoms with van der Waals surface area (Å²) in [5.41, 5.74) is 13.3. The van der Waals surface area contributed by atoms with Gasteiger partial charge in [-0.25, -0.2) is 4.98 Å². The summed E-state index contributed by atoms with van der Waals surface area (Å²) in [5, 5.41) is 9.92. The van der Waals surface area contributed by atoms with Crippen LogP contribution in [0, 0.1) is 0 Å². The van der Waals surface area contributed by atoms with Gasteiger partial charge >= 0.3 is 0 Å². The van der Waals surface area contributed by atoms with Crippen LogP contribution in [0.4, 0.5) is 0 Å². The van der Waals surface area contributed by atoms with Crippen LogP contribution in [0.15, 0.2) is 201 Å². The molecule has 3 nitrogen and oxygen atoms in total. The number of pyridine rings is 1. The molecular weight excluding hydrogens is 679 g/mol. The molecule has 0 atom stereocenters. The number of allylic oxidation sites excluding steroid dienone is 2. The van der Waals surface area contributed by atoms with Gasteiger partial charge in [-0.3, -0.25) is 4.57 Å². The van der Waals surface area contributed by atoms with Gasteiger partial charge in [-0.1, -0.05) is 141 Å². The second-order valence-electron chi connectivity index (χ2n) is 14.4. The molecule has 1 aliphatic carbocycles. The Morgan fingerprint density at radius 3 is 1.75 bits per heavy atom.